The monoisotopic (exact) mass is 321 g/mol. The van der Waals surface area contributed by atoms with Gasteiger partial charge in [0.25, 0.3) is 0 Å². The lowest BCUT2D eigenvalue weighted by atomic mass is 9.95. The summed E-state index contributed by atoms with van der Waals surface area (Å²) >= 11 is 1.36. The number of aliphatic hydroxyl groups is 1. The molecule has 0 radical (unpaired) electrons. The number of rotatable bonds is 4. The number of anilines is 1. The molecular formula is C15H19N3O3S. The zero-order valence-corrected chi connectivity index (χ0v) is 13.7. The molecule has 22 heavy (non-hydrogen) atoms. The van der Waals surface area contributed by atoms with Crippen LogP contribution in [0.3, 0.4) is 0 Å². The highest BCUT2D eigenvalue weighted by atomic mass is 32.1. The average molecular weight is 321 g/mol. The molecule has 7 heteroatoms. The first-order valence-electron chi connectivity index (χ1n) is 7.17. The molecule has 2 heterocycles. The first kappa shape index (κ1) is 15.1. The summed E-state index contributed by atoms with van der Waals surface area (Å²) in [4.78, 5) is 6.54. The van der Waals surface area contributed by atoms with E-state index in [4.69, 9.17) is 9.47 Å². The van der Waals surface area contributed by atoms with Crippen LogP contribution in [0.25, 0.3) is 0 Å². The van der Waals surface area contributed by atoms with Crippen LogP contribution in [0.15, 0.2) is 12.1 Å². The number of benzene rings is 1. The largest absolute Gasteiger partial charge is 0.496 e. The van der Waals surface area contributed by atoms with Crippen molar-refractivity contribution in [1.82, 2.24) is 9.36 Å². The topological polar surface area (TPSA) is 67.7 Å². The van der Waals surface area contributed by atoms with Crippen LogP contribution >= 0.6 is 11.5 Å². The van der Waals surface area contributed by atoms with Gasteiger partial charge in [-0.2, -0.15) is 4.37 Å². The number of nitrogens with zero attached hydrogens (tertiary/aromatic N) is 3. The maximum Gasteiger partial charge on any atom is 0.205 e. The lowest BCUT2D eigenvalue weighted by Gasteiger charge is -2.33. The zero-order chi connectivity index (χ0) is 15.7. The fraction of sp³-hybridized carbons (Fsp3) is 0.467. The van der Waals surface area contributed by atoms with E-state index in [2.05, 4.69) is 9.36 Å². The standard InChI is InChI=1S/C15H19N3O3S/c1-4-13-16-15(22-17-13)18-7-9-11(20-2)5-6-12(21-3)14(9)10(19)8-18/h5-6,10,19H,4,7-8H2,1-3H3. The molecule has 6 nitrogen and oxygen atoms in total. The molecule has 2 aromatic rings. The minimum absolute atomic E-state index is 0.467. The number of methoxy groups -OCH3 is 2. The third-order valence-corrected chi connectivity index (χ3v) is 4.65. The second kappa shape index (κ2) is 6.10. The van der Waals surface area contributed by atoms with Crippen molar-refractivity contribution in [2.24, 2.45) is 0 Å². The molecule has 1 aromatic heterocycles. The quantitative estimate of drug-likeness (QED) is 0.931. The van der Waals surface area contributed by atoms with Crippen molar-refractivity contribution in [3.63, 3.8) is 0 Å². The van der Waals surface area contributed by atoms with Crippen molar-refractivity contribution in [3.8, 4) is 11.5 Å². The Morgan fingerprint density at radius 3 is 2.68 bits per heavy atom. The van der Waals surface area contributed by atoms with E-state index in [1.807, 2.05) is 24.0 Å². The Bertz CT molecular complexity index is 674. The van der Waals surface area contributed by atoms with Crippen LogP contribution in [0, 0.1) is 0 Å². The minimum atomic E-state index is -0.650. The molecule has 118 valence electrons. The highest BCUT2D eigenvalue weighted by molar-refractivity contribution is 7.09. The molecule has 0 saturated carbocycles. The van der Waals surface area contributed by atoms with E-state index in [1.54, 1.807) is 14.2 Å². The Kier molecular flexibility index (Phi) is 4.17. The van der Waals surface area contributed by atoms with Gasteiger partial charge in [0.1, 0.15) is 23.4 Å². The van der Waals surface area contributed by atoms with Crippen molar-refractivity contribution in [2.45, 2.75) is 26.0 Å². The number of ether oxygens (including phenoxy) is 2. The molecule has 1 aliphatic heterocycles. The van der Waals surface area contributed by atoms with E-state index in [9.17, 15) is 5.11 Å². The second-order valence-electron chi connectivity index (χ2n) is 5.11. The summed E-state index contributed by atoms with van der Waals surface area (Å²) < 4.78 is 15.1. The van der Waals surface area contributed by atoms with Crippen LogP contribution in [-0.2, 0) is 13.0 Å². The summed E-state index contributed by atoms with van der Waals surface area (Å²) in [5.74, 6) is 2.27. The molecule has 0 fully saturated rings. The predicted molar refractivity (Wildman–Crippen MR) is 84.8 cm³/mol. The maximum absolute atomic E-state index is 10.6. The molecule has 3 rings (SSSR count). The van der Waals surface area contributed by atoms with Gasteiger partial charge in [-0.15, -0.1) is 0 Å². The number of hydrogen-bond donors (Lipinski definition) is 1. The molecule has 1 N–H and O–H groups in total. The molecule has 0 amide bonds. The number of aryl methyl sites for hydroxylation is 1. The number of fused-ring (bicyclic) bond motifs is 1. The average Bonchev–Trinajstić information content (AvgIpc) is 3.02. The van der Waals surface area contributed by atoms with Crippen molar-refractivity contribution in [1.29, 1.82) is 0 Å². The summed E-state index contributed by atoms with van der Waals surface area (Å²) in [6, 6.07) is 3.70. The predicted octanol–water partition coefficient (Wildman–Crippen LogP) is 2.17. The van der Waals surface area contributed by atoms with Crippen LogP contribution in [0.2, 0.25) is 0 Å². The Morgan fingerprint density at radius 1 is 1.32 bits per heavy atom. The third kappa shape index (κ3) is 2.50. The van der Waals surface area contributed by atoms with Gasteiger partial charge in [-0.25, -0.2) is 4.98 Å². The van der Waals surface area contributed by atoms with Crippen LogP contribution in [0.4, 0.5) is 5.13 Å². The van der Waals surface area contributed by atoms with Crippen LogP contribution in [0.1, 0.15) is 30.0 Å². The molecule has 0 saturated heterocycles. The van der Waals surface area contributed by atoms with Gasteiger partial charge < -0.3 is 19.5 Å². The Hall–Kier alpha value is -1.86. The minimum Gasteiger partial charge on any atom is -0.496 e. The van der Waals surface area contributed by atoms with Gasteiger partial charge in [0.15, 0.2) is 0 Å². The smallest absolute Gasteiger partial charge is 0.205 e. The van der Waals surface area contributed by atoms with Gasteiger partial charge in [0, 0.05) is 35.6 Å². The summed E-state index contributed by atoms with van der Waals surface area (Å²) in [6.45, 7) is 3.11. The highest BCUT2D eigenvalue weighted by Crippen LogP contribution is 2.40. The fourth-order valence-corrected chi connectivity index (χ4v) is 3.50. The Labute approximate surface area is 133 Å². The third-order valence-electron chi connectivity index (χ3n) is 3.83. The van der Waals surface area contributed by atoms with Gasteiger partial charge in [-0.1, -0.05) is 6.92 Å². The van der Waals surface area contributed by atoms with Crippen molar-refractivity contribution in [2.75, 3.05) is 25.7 Å². The van der Waals surface area contributed by atoms with Gasteiger partial charge in [-0.05, 0) is 12.1 Å². The van der Waals surface area contributed by atoms with E-state index in [0.717, 1.165) is 34.3 Å². The highest BCUT2D eigenvalue weighted by Gasteiger charge is 2.31. The second-order valence-corrected chi connectivity index (χ2v) is 5.84. The van der Waals surface area contributed by atoms with E-state index < -0.39 is 6.10 Å². The SMILES string of the molecule is CCc1nsc(N2Cc3c(OC)ccc(OC)c3C(O)C2)n1. The Morgan fingerprint density at radius 2 is 2.05 bits per heavy atom. The van der Waals surface area contributed by atoms with E-state index in [0.29, 0.717) is 18.8 Å². The van der Waals surface area contributed by atoms with Crippen LogP contribution < -0.4 is 14.4 Å². The molecule has 0 aliphatic carbocycles. The van der Waals surface area contributed by atoms with Crippen LogP contribution in [-0.4, -0.2) is 35.2 Å². The van der Waals surface area contributed by atoms with Gasteiger partial charge in [-0.3, -0.25) is 0 Å². The molecule has 0 spiro atoms. The maximum atomic E-state index is 10.6. The zero-order valence-electron chi connectivity index (χ0n) is 12.9. The molecule has 0 bridgehead atoms. The van der Waals surface area contributed by atoms with Gasteiger partial charge >= 0.3 is 0 Å². The van der Waals surface area contributed by atoms with E-state index in [-0.39, 0.29) is 0 Å². The molecule has 1 aliphatic rings. The summed E-state index contributed by atoms with van der Waals surface area (Å²) in [5, 5.41) is 11.4. The Balaban J connectivity index is 2.00. The summed E-state index contributed by atoms with van der Waals surface area (Å²) in [6.07, 6.45) is 0.156. The molecule has 1 atom stereocenters. The van der Waals surface area contributed by atoms with E-state index in [1.165, 1.54) is 11.5 Å². The van der Waals surface area contributed by atoms with Gasteiger partial charge in [0.05, 0.1) is 20.8 Å². The first-order chi connectivity index (χ1) is 10.7. The normalized spacial score (nSPS) is 17.3. The van der Waals surface area contributed by atoms with E-state index >= 15 is 0 Å². The summed E-state index contributed by atoms with van der Waals surface area (Å²) in [5.41, 5.74) is 1.74. The molecular weight excluding hydrogens is 302 g/mol. The number of hydrogen-bond acceptors (Lipinski definition) is 7. The number of aliphatic hydroxyl groups excluding tert-OH is 1. The lowest BCUT2D eigenvalue weighted by Crippen LogP contribution is -2.34. The van der Waals surface area contributed by atoms with Crippen molar-refractivity contribution < 1.29 is 14.6 Å². The first-order valence-corrected chi connectivity index (χ1v) is 7.94. The van der Waals surface area contributed by atoms with Crippen molar-refractivity contribution >= 4 is 16.7 Å². The van der Waals surface area contributed by atoms with Crippen LogP contribution in [0.5, 0.6) is 11.5 Å². The molecule has 1 aromatic carbocycles. The number of aromatic nitrogens is 2. The fourth-order valence-electron chi connectivity index (χ4n) is 2.74. The lowest BCUT2D eigenvalue weighted by molar-refractivity contribution is 0.169. The summed E-state index contributed by atoms with van der Waals surface area (Å²) in [7, 11) is 3.24. The molecule has 1 unspecified atom stereocenters. The van der Waals surface area contributed by atoms with Crippen molar-refractivity contribution in [3.05, 3.63) is 29.1 Å². The van der Waals surface area contributed by atoms with Gasteiger partial charge in [0.2, 0.25) is 5.13 Å². The number of β-amino-alcohol motifs (C(OH)–C–C–N with tert-alkyl or cyclic N) is 1.